The topological polar surface area (TPSA) is 44.5 Å². The zero-order valence-corrected chi connectivity index (χ0v) is 9.90. The highest BCUT2D eigenvalue weighted by Crippen LogP contribution is 2.23. The van der Waals surface area contributed by atoms with Crippen molar-refractivity contribution >= 4 is 0 Å². The van der Waals surface area contributed by atoms with Crippen LogP contribution >= 0.6 is 0 Å². The summed E-state index contributed by atoms with van der Waals surface area (Å²) in [4.78, 5) is 0. The van der Waals surface area contributed by atoms with E-state index in [0.717, 1.165) is 6.42 Å². The minimum Gasteiger partial charge on any atom is -0.352 e. The lowest BCUT2D eigenvalue weighted by Crippen LogP contribution is -2.34. The summed E-state index contributed by atoms with van der Waals surface area (Å²) in [6, 6.07) is 8.43. The van der Waals surface area contributed by atoms with Gasteiger partial charge < -0.3 is 15.2 Å². The van der Waals surface area contributed by atoms with Crippen LogP contribution in [0.2, 0.25) is 0 Å². The van der Waals surface area contributed by atoms with Gasteiger partial charge in [0.25, 0.3) is 0 Å². The molecule has 0 spiro atoms. The van der Waals surface area contributed by atoms with Gasteiger partial charge in [-0.2, -0.15) is 0 Å². The first-order valence-electron chi connectivity index (χ1n) is 5.62. The molecule has 1 heterocycles. The van der Waals surface area contributed by atoms with Gasteiger partial charge in [-0.3, -0.25) is 0 Å². The molecular weight excluding hydrogens is 202 g/mol. The van der Waals surface area contributed by atoms with Crippen LogP contribution in [0.1, 0.15) is 31.1 Å². The smallest absolute Gasteiger partial charge is 0.147 e. The van der Waals surface area contributed by atoms with Gasteiger partial charge in [-0.1, -0.05) is 24.3 Å². The molecule has 0 saturated carbocycles. The highest BCUT2D eigenvalue weighted by Gasteiger charge is 2.18. The van der Waals surface area contributed by atoms with Crippen LogP contribution in [0.25, 0.3) is 0 Å². The zero-order valence-electron chi connectivity index (χ0n) is 9.90. The standard InChI is InChI=1S/C13H19NO2/c1-13(2,14)7-10-3-5-11(6-4-10)12-8-15-9-16-12/h3-6,12H,7-9,14H2,1-2H3. The second kappa shape index (κ2) is 4.53. The van der Waals surface area contributed by atoms with Gasteiger partial charge in [-0.15, -0.1) is 0 Å². The van der Waals surface area contributed by atoms with E-state index in [4.69, 9.17) is 15.2 Å². The van der Waals surface area contributed by atoms with Crippen LogP contribution in [0, 0.1) is 0 Å². The quantitative estimate of drug-likeness (QED) is 0.849. The van der Waals surface area contributed by atoms with Crippen LogP contribution in [0.3, 0.4) is 0 Å². The highest BCUT2D eigenvalue weighted by atomic mass is 16.7. The Kier molecular flexibility index (Phi) is 3.28. The average molecular weight is 221 g/mol. The molecule has 88 valence electrons. The summed E-state index contributed by atoms with van der Waals surface area (Å²) in [7, 11) is 0. The summed E-state index contributed by atoms with van der Waals surface area (Å²) in [6.07, 6.45) is 0.981. The van der Waals surface area contributed by atoms with Crippen molar-refractivity contribution in [1.29, 1.82) is 0 Å². The van der Waals surface area contributed by atoms with Crippen molar-refractivity contribution in [3.63, 3.8) is 0 Å². The predicted octanol–water partition coefficient (Wildman–Crippen LogP) is 2.01. The van der Waals surface area contributed by atoms with Crippen LogP contribution in [0.15, 0.2) is 24.3 Å². The van der Waals surface area contributed by atoms with Crippen LogP contribution in [-0.4, -0.2) is 18.9 Å². The van der Waals surface area contributed by atoms with E-state index in [2.05, 4.69) is 24.3 Å². The van der Waals surface area contributed by atoms with E-state index >= 15 is 0 Å². The molecule has 1 aromatic carbocycles. The van der Waals surface area contributed by atoms with Crippen molar-refractivity contribution in [2.24, 2.45) is 5.73 Å². The maximum absolute atomic E-state index is 5.98. The minimum atomic E-state index is -0.158. The van der Waals surface area contributed by atoms with Gasteiger partial charge >= 0.3 is 0 Å². The zero-order chi connectivity index (χ0) is 11.6. The molecule has 1 aromatic rings. The molecule has 0 aliphatic carbocycles. The summed E-state index contributed by atoms with van der Waals surface area (Å²) in [5.41, 5.74) is 8.26. The lowest BCUT2D eigenvalue weighted by molar-refractivity contribution is 0.0466. The molecule has 1 aliphatic rings. The Morgan fingerprint density at radius 1 is 1.31 bits per heavy atom. The van der Waals surface area contributed by atoms with Crippen molar-refractivity contribution in [2.45, 2.75) is 31.9 Å². The molecule has 16 heavy (non-hydrogen) atoms. The van der Waals surface area contributed by atoms with Crippen LogP contribution in [-0.2, 0) is 15.9 Å². The Morgan fingerprint density at radius 2 is 2.00 bits per heavy atom. The van der Waals surface area contributed by atoms with E-state index < -0.39 is 0 Å². The van der Waals surface area contributed by atoms with E-state index in [0.29, 0.717) is 13.4 Å². The number of hydrogen-bond acceptors (Lipinski definition) is 3. The van der Waals surface area contributed by atoms with Gasteiger partial charge in [0.2, 0.25) is 0 Å². The maximum atomic E-state index is 5.98. The average Bonchev–Trinajstić information content (AvgIpc) is 2.69. The summed E-state index contributed by atoms with van der Waals surface area (Å²) in [6.45, 7) is 5.13. The van der Waals surface area contributed by atoms with Crippen molar-refractivity contribution in [2.75, 3.05) is 13.4 Å². The third kappa shape index (κ3) is 3.04. The predicted molar refractivity (Wildman–Crippen MR) is 63.1 cm³/mol. The van der Waals surface area contributed by atoms with Crippen molar-refractivity contribution in [3.05, 3.63) is 35.4 Å². The van der Waals surface area contributed by atoms with Gasteiger partial charge in [-0.25, -0.2) is 0 Å². The monoisotopic (exact) mass is 221 g/mol. The SMILES string of the molecule is CC(C)(N)Cc1ccc(C2COCO2)cc1. The Morgan fingerprint density at radius 3 is 2.50 bits per heavy atom. The first-order valence-corrected chi connectivity index (χ1v) is 5.62. The second-order valence-corrected chi connectivity index (χ2v) is 5.05. The van der Waals surface area contributed by atoms with Gasteiger partial charge in [0, 0.05) is 5.54 Å². The first kappa shape index (κ1) is 11.6. The van der Waals surface area contributed by atoms with Crippen molar-refractivity contribution < 1.29 is 9.47 Å². The molecule has 1 atom stereocenters. The Labute approximate surface area is 96.5 Å². The molecule has 3 nitrogen and oxygen atoms in total. The van der Waals surface area contributed by atoms with Gasteiger partial charge in [0.1, 0.15) is 12.9 Å². The Hall–Kier alpha value is -0.900. The third-order valence-electron chi connectivity index (χ3n) is 2.63. The molecule has 1 aliphatic heterocycles. The largest absolute Gasteiger partial charge is 0.352 e. The first-order chi connectivity index (χ1) is 7.54. The minimum absolute atomic E-state index is 0.0972. The molecule has 0 radical (unpaired) electrons. The van der Waals surface area contributed by atoms with Gasteiger partial charge in [-0.05, 0) is 31.4 Å². The molecule has 1 saturated heterocycles. The van der Waals surface area contributed by atoms with E-state index in [-0.39, 0.29) is 11.6 Å². The second-order valence-electron chi connectivity index (χ2n) is 5.05. The summed E-state index contributed by atoms with van der Waals surface area (Å²) >= 11 is 0. The Balaban J connectivity index is 2.04. The number of benzene rings is 1. The molecule has 2 rings (SSSR count). The van der Waals surface area contributed by atoms with Crippen LogP contribution in [0.5, 0.6) is 0 Å². The van der Waals surface area contributed by atoms with Gasteiger partial charge in [0.05, 0.1) is 6.61 Å². The molecule has 0 bridgehead atoms. The van der Waals surface area contributed by atoms with E-state index in [9.17, 15) is 0 Å². The van der Waals surface area contributed by atoms with E-state index in [1.165, 1.54) is 11.1 Å². The van der Waals surface area contributed by atoms with Crippen molar-refractivity contribution in [1.82, 2.24) is 0 Å². The number of hydrogen-bond donors (Lipinski definition) is 1. The molecular formula is C13H19NO2. The lowest BCUT2D eigenvalue weighted by Gasteiger charge is -2.18. The maximum Gasteiger partial charge on any atom is 0.147 e. The Bertz CT molecular complexity index is 334. The molecule has 1 unspecified atom stereocenters. The fraction of sp³-hybridized carbons (Fsp3) is 0.538. The lowest BCUT2D eigenvalue weighted by atomic mass is 9.95. The number of nitrogens with two attached hydrogens (primary N) is 1. The summed E-state index contributed by atoms with van der Waals surface area (Å²) in [5, 5.41) is 0. The van der Waals surface area contributed by atoms with E-state index in [1.54, 1.807) is 0 Å². The number of ether oxygens (including phenoxy) is 2. The molecule has 3 heteroatoms. The fourth-order valence-corrected chi connectivity index (χ4v) is 1.90. The molecule has 0 aromatic heterocycles. The van der Waals surface area contributed by atoms with Gasteiger partial charge in [0.15, 0.2) is 0 Å². The normalized spacial score (nSPS) is 21.3. The number of rotatable bonds is 3. The van der Waals surface area contributed by atoms with Crippen LogP contribution < -0.4 is 5.73 Å². The molecule has 1 fully saturated rings. The highest BCUT2D eigenvalue weighted by molar-refractivity contribution is 5.25. The third-order valence-corrected chi connectivity index (χ3v) is 2.63. The fourth-order valence-electron chi connectivity index (χ4n) is 1.90. The summed E-state index contributed by atoms with van der Waals surface area (Å²) in [5.74, 6) is 0. The molecule has 2 N–H and O–H groups in total. The van der Waals surface area contributed by atoms with Crippen LogP contribution in [0.4, 0.5) is 0 Å². The van der Waals surface area contributed by atoms with Crippen molar-refractivity contribution in [3.8, 4) is 0 Å². The molecule has 0 amide bonds. The summed E-state index contributed by atoms with van der Waals surface area (Å²) < 4.78 is 10.6. The van der Waals surface area contributed by atoms with E-state index in [1.807, 2.05) is 13.8 Å².